The van der Waals surface area contributed by atoms with E-state index in [0.717, 1.165) is 21.5 Å². The quantitative estimate of drug-likeness (QED) is 0.490. The Morgan fingerprint density at radius 1 is 1.08 bits per heavy atom. The minimum atomic E-state index is -0.171. The standard InChI is InChI=1S/C18H15BrN2O2S/c19-14-8-6-13(7-9-14)12-24-18-20-15(10-17(22)21-18)11-23-16-4-2-1-3-5-16/h1-10H,11-12H2,(H,20,21,22). The van der Waals surface area contributed by atoms with E-state index in [2.05, 4.69) is 25.9 Å². The first kappa shape index (κ1) is 16.8. The fraction of sp³-hybridized carbons (Fsp3) is 0.111. The Hall–Kier alpha value is -2.05. The molecular formula is C18H15BrN2O2S. The van der Waals surface area contributed by atoms with Crippen molar-refractivity contribution in [3.05, 3.63) is 86.7 Å². The molecule has 3 aromatic rings. The van der Waals surface area contributed by atoms with E-state index in [9.17, 15) is 4.79 Å². The molecule has 1 N–H and O–H groups in total. The van der Waals surface area contributed by atoms with E-state index in [1.807, 2.05) is 54.6 Å². The molecule has 0 unspecified atom stereocenters. The predicted octanol–water partition coefficient (Wildman–Crippen LogP) is 4.40. The summed E-state index contributed by atoms with van der Waals surface area (Å²) in [7, 11) is 0. The average Bonchev–Trinajstić information content (AvgIpc) is 2.60. The van der Waals surface area contributed by atoms with Crippen molar-refractivity contribution < 1.29 is 4.74 Å². The van der Waals surface area contributed by atoms with Crippen LogP contribution in [0.4, 0.5) is 0 Å². The van der Waals surface area contributed by atoms with Gasteiger partial charge in [0.1, 0.15) is 12.4 Å². The maximum Gasteiger partial charge on any atom is 0.251 e. The number of para-hydroxylation sites is 1. The van der Waals surface area contributed by atoms with Crippen LogP contribution in [0, 0.1) is 0 Å². The lowest BCUT2D eigenvalue weighted by atomic mass is 10.2. The van der Waals surface area contributed by atoms with Crippen molar-refractivity contribution >= 4 is 27.7 Å². The van der Waals surface area contributed by atoms with Gasteiger partial charge in [-0.15, -0.1) is 0 Å². The van der Waals surface area contributed by atoms with E-state index < -0.39 is 0 Å². The van der Waals surface area contributed by atoms with E-state index in [1.54, 1.807) is 0 Å². The van der Waals surface area contributed by atoms with Gasteiger partial charge in [-0.05, 0) is 29.8 Å². The lowest BCUT2D eigenvalue weighted by Gasteiger charge is -2.07. The van der Waals surface area contributed by atoms with E-state index in [-0.39, 0.29) is 12.2 Å². The second-order valence-corrected chi connectivity index (χ2v) is 6.94. The number of hydrogen-bond donors (Lipinski definition) is 1. The fourth-order valence-corrected chi connectivity index (χ4v) is 3.15. The molecule has 6 heteroatoms. The van der Waals surface area contributed by atoms with E-state index in [0.29, 0.717) is 10.9 Å². The summed E-state index contributed by atoms with van der Waals surface area (Å²) in [6.07, 6.45) is 0. The van der Waals surface area contributed by atoms with Crippen molar-refractivity contribution in [2.75, 3.05) is 0 Å². The van der Waals surface area contributed by atoms with Crippen LogP contribution in [0.2, 0.25) is 0 Å². The number of aromatic amines is 1. The molecule has 1 heterocycles. The Morgan fingerprint density at radius 3 is 2.58 bits per heavy atom. The van der Waals surface area contributed by atoms with Crippen molar-refractivity contribution in [2.24, 2.45) is 0 Å². The van der Waals surface area contributed by atoms with Crippen LogP contribution in [0.15, 0.2) is 75.1 Å². The second kappa shape index (κ2) is 8.17. The number of thioether (sulfide) groups is 1. The largest absolute Gasteiger partial charge is 0.487 e. The van der Waals surface area contributed by atoms with Gasteiger partial charge in [0.2, 0.25) is 0 Å². The number of aromatic nitrogens is 2. The summed E-state index contributed by atoms with van der Waals surface area (Å²) in [6.45, 7) is 0.264. The second-order valence-electron chi connectivity index (χ2n) is 5.06. The van der Waals surface area contributed by atoms with Gasteiger partial charge in [-0.2, -0.15) is 0 Å². The zero-order valence-corrected chi connectivity index (χ0v) is 15.1. The fourth-order valence-electron chi connectivity index (χ4n) is 2.03. The molecule has 122 valence electrons. The number of nitrogens with one attached hydrogen (secondary N) is 1. The van der Waals surface area contributed by atoms with Gasteiger partial charge in [0.15, 0.2) is 5.16 Å². The lowest BCUT2D eigenvalue weighted by Crippen LogP contribution is -2.11. The third-order valence-electron chi connectivity index (χ3n) is 3.19. The van der Waals surface area contributed by atoms with E-state index in [4.69, 9.17) is 4.74 Å². The molecule has 0 aliphatic rings. The smallest absolute Gasteiger partial charge is 0.251 e. The zero-order chi connectivity index (χ0) is 16.8. The molecule has 3 rings (SSSR count). The van der Waals surface area contributed by atoms with Crippen LogP contribution < -0.4 is 10.3 Å². The highest BCUT2D eigenvalue weighted by atomic mass is 79.9. The lowest BCUT2D eigenvalue weighted by molar-refractivity contribution is 0.299. The Balaban J connectivity index is 1.65. The first-order valence-corrected chi connectivity index (χ1v) is 9.12. The first-order valence-electron chi connectivity index (χ1n) is 7.34. The average molecular weight is 403 g/mol. The monoisotopic (exact) mass is 402 g/mol. The number of halogens is 1. The molecule has 0 saturated heterocycles. The summed E-state index contributed by atoms with van der Waals surface area (Å²) >= 11 is 4.91. The van der Waals surface area contributed by atoms with Gasteiger partial charge in [0, 0.05) is 16.3 Å². The zero-order valence-electron chi connectivity index (χ0n) is 12.7. The molecule has 1 aromatic heterocycles. The molecule has 0 saturated carbocycles. The van der Waals surface area contributed by atoms with E-state index in [1.165, 1.54) is 17.8 Å². The summed E-state index contributed by atoms with van der Waals surface area (Å²) in [5, 5.41) is 0.595. The third kappa shape index (κ3) is 4.97. The van der Waals surface area contributed by atoms with Crippen LogP contribution in [0.1, 0.15) is 11.3 Å². The summed E-state index contributed by atoms with van der Waals surface area (Å²) in [5.74, 6) is 1.49. The number of benzene rings is 2. The maximum absolute atomic E-state index is 11.8. The molecule has 0 spiro atoms. The highest BCUT2D eigenvalue weighted by Crippen LogP contribution is 2.20. The summed E-state index contributed by atoms with van der Waals surface area (Å²) in [6, 6.07) is 19.0. The molecule has 0 aliphatic carbocycles. The molecule has 0 amide bonds. The van der Waals surface area contributed by atoms with E-state index >= 15 is 0 Å². The molecule has 0 radical (unpaired) electrons. The maximum atomic E-state index is 11.8. The highest BCUT2D eigenvalue weighted by molar-refractivity contribution is 9.10. The molecule has 0 bridgehead atoms. The number of hydrogen-bond acceptors (Lipinski definition) is 4. The van der Waals surface area contributed by atoms with Gasteiger partial charge >= 0.3 is 0 Å². The topological polar surface area (TPSA) is 55.0 Å². The van der Waals surface area contributed by atoms with Crippen molar-refractivity contribution in [3.8, 4) is 5.75 Å². The number of rotatable bonds is 6. The van der Waals surface area contributed by atoms with Crippen LogP contribution in [-0.2, 0) is 12.4 Å². The van der Waals surface area contributed by atoms with Gasteiger partial charge in [-0.25, -0.2) is 4.98 Å². The van der Waals surface area contributed by atoms with Crippen molar-refractivity contribution in [1.82, 2.24) is 9.97 Å². The first-order chi connectivity index (χ1) is 11.7. The van der Waals surface area contributed by atoms with Crippen LogP contribution in [0.5, 0.6) is 5.75 Å². The molecule has 2 aromatic carbocycles. The normalized spacial score (nSPS) is 10.5. The van der Waals surface area contributed by atoms with Crippen LogP contribution >= 0.6 is 27.7 Å². The van der Waals surface area contributed by atoms with Gasteiger partial charge < -0.3 is 9.72 Å². The number of nitrogens with zero attached hydrogens (tertiary/aromatic N) is 1. The van der Waals surface area contributed by atoms with Crippen molar-refractivity contribution in [3.63, 3.8) is 0 Å². The molecule has 24 heavy (non-hydrogen) atoms. The highest BCUT2D eigenvalue weighted by Gasteiger charge is 2.04. The van der Waals surface area contributed by atoms with Crippen molar-refractivity contribution in [2.45, 2.75) is 17.5 Å². The van der Waals surface area contributed by atoms with Gasteiger partial charge in [-0.1, -0.05) is 58.0 Å². The van der Waals surface area contributed by atoms with Gasteiger partial charge in [0.25, 0.3) is 5.56 Å². The molecule has 0 atom stereocenters. The van der Waals surface area contributed by atoms with Crippen molar-refractivity contribution in [1.29, 1.82) is 0 Å². The third-order valence-corrected chi connectivity index (χ3v) is 4.66. The number of H-pyrrole nitrogens is 1. The van der Waals surface area contributed by atoms with Crippen LogP contribution in [-0.4, -0.2) is 9.97 Å². The van der Waals surface area contributed by atoms with Gasteiger partial charge in [0.05, 0.1) is 5.69 Å². The van der Waals surface area contributed by atoms with Gasteiger partial charge in [-0.3, -0.25) is 4.79 Å². The summed E-state index contributed by atoms with van der Waals surface area (Å²) in [4.78, 5) is 19.0. The minimum Gasteiger partial charge on any atom is -0.487 e. The minimum absolute atomic E-state index is 0.171. The summed E-state index contributed by atoms with van der Waals surface area (Å²) in [5.41, 5.74) is 1.60. The molecule has 4 nitrogen and oxygen atoms in total. The number of ether oxygens (including phenoxy) is 1. The SMILES string of the molecule is O=c1cc(COc2ccccc2)nc(SCc2ccc(Br)cc2)[nH]1. The summed E-state index contributed by atoms with van der Waals surface area (Å²) < 4.78 is 6.69. The Bertz CT molecular complexity index is 851. The Morgan fingerprint density at radius 2 is 1.83 bits per heavy atom. The predicted molar refractivity (Wildman–Crippen MR) is 99.3 cm³/mol. The van der Waals surface area contributed by atoms with Crippen LogP contribution in [0.25, 0.3) is 0 Å². The molecule has 0 aliphatic heterocycles. The van der Waals surface area contributed by atoms with Crippen LogP contribution in [0.3, 0.4) is 0 Å². The Kier molecular flexibility index (Phi) is 5.72. The Labute approximate surface area is 152 Å². The molecular weight excluding hydrogens is 388 g/mol. The molecule has 0 fully saturated rings.